The first-order valence-electron chi connectivity index (χ1n) is 7.94. The molecule has 0 radical (unpaired) electrons. The molecule has 0 N–H and O–H groups in total. The standard InChI is InChI=1S/C16H25N3O2S/c1-3-18(4-2)16(21)13-17-7-9-19(10-8-17)15(20)12-14-6-5-11-22-14/h5-6,11H,3-4,7-10,12-13H2,1-2H3. The number of carbonyl (C=O) groups is 2. The zero-order chi connectivity index (χ0) is 15.9. The highest BCUT2D eigenvalue weighted by molar-refractivity contribution is 7.10. The first-order valence-corrected chi connectivity index (χ1v) is 8.82. The van der Waals surface area contributed by atoms with Crippen LogP contribution in [0.3, 0.4) is 0 Å². The minimum absolute atomic E-state index is 0.184. The average Bonchev–Trinajstić information content (AvgIpc) is 3.02. The van der Waals surface area contributed by atoms with Crippen LogP contribution in [0.2, 0.25) is 0 Å². The number of thiophene rings is 1. The number of likely N-dealkylation sites (N-methyl/N-ethyl adjacent to an activating group) is 1. The lowest BCUT2D eigenvalue weighted by Crippen LogP contribution is -2.51. The van der Waals surface area contributed by atoms with Crippen LogP contribution < -0.4 is 0 Å². The van der Waals surface area contributed by atoms with Gasteiger partial charge in [-0.1, -0.05) is 6.07 Å². The molecule has 1 aromatic rings. The predicted molar refractivity (Wildman–Crippen MR) is 89.0 cm³/mol. The van der Waals surface area contributed by atoms with Crippen LogP contribution in [-0.4, -0.2) is 72.3 Å². The summed E-state index contributed by atoms with van der Waals surface area (Å²) in [7, 11) is 0. The number of amides is 2. The second kappa shape index (κ2) is 8.29. The van der Waals surface area contributed by atoms with Crippen molar-refractivity contribution < 1.29 is 9.59 Å². The molecular weight excluding hydrogens is 298 g/mol. The Morgan fingerprint density at radius 2 is 1.86 bits per heavy atom. The summed E-state index contributed by atoms with van der Waals surface area (Å²) in [5.41, 5.74) is 0. The van der Waals surface area contributed by atoms with Crippen molar-refractivity contribution in [2.75, 3.05) is 45.8 Å². The van der Waals surface area contributed by atoms with E-state index < -0.39 is 0 Å². The van der Waals surface area contributed by atoms with E-state index >= 15 is 0 Å². The zero-order valence-electron chi connectivity index (χ0n) is 13.5. The number of hydrogen-bond acceptors (Lipinski definition) is 4. The molecule has 0 saturated carbocycles. The van der Waals surface area contributed by atoms with E-state index in [-0.39, 0.29) is 11.8 Å². The van der Waals surface area contributed by atoms with Crippen LogP contribution in [0.5, 0.6) is 0 Å². The Morgan fingerprint density at radius 3 is 2.41 bits per heavy atom. The SMILES string of the molecule is CCN(CC)C(=O)CN1CCN(C(=O)Cc2cccs2)CC1. The van der Waals surface area contributed by atoms with Gasteiger partial charge in [0, 0.05) is 44.1 Å². The molecule has 0 unspecified atom stereocenters. The molecular formula is C16H25N3O2S. The summed E-state index contributed by atoms with van der Waals surface area (Å²) in [6.07, 6.45) is 0.496. The topological polar surface area (TPSA) is 43.9 Å². The third-order valence-corrected chi connectivity index (χ3v) is 4.98. The molecule has 22 heavy (non-hydrogen) atoms. The van der Waals surface area contributed by atoms with Gasteiger partial charge in [0.2, 0.25) is 11.8 Å². The fourth-order valence-corrected chi connectivity index (χ4v) is 3.39. The summed E-state index contributed by atoms with van der Waals surface area (Å²) < 4.78 is 0. The largest absolute Gasteiger partial charge is 0.342 e. The first kappa shape index (κ1) is 17.0. The van der Waals surface area contributed by atoms with Crippen LogP contribution in [0.25, 0.3) is 0 Å². The Labute approximate surface area is 136 Å². The summed E-state index contributed by atoms with van der Waals surface area (Å²) in [5, 5.41) is 2.00. The summed E-state index contributed by atoms with van der Waals surface area (Å²) in [6.45, 7) is 8.99. The maximum absolute atomic E-state index is 12.2. The quantitative estimate of drug-likeness (QED) is 0.793. The summed E-state index contributed by atoms with van der Waals surface area (Å²) in [4.78, 5) is 31.4. The summed E-state index contributed by atoms with van der Waals surface area (Å²) in [6, 6.07) is 3.98. The molecule has 6 heteroatoms. The molecule has 1 aromatic heterocycles. The van der Waals surface area contributed by atoms with E-state index in [1.54, 1.807) is 11.3 Å². The van der Waals surface area contributed by atoms with Crippen molar-refractivity contribution in [1.29, 1.82) is 0 Å². The smallest absolute Gasteiger partial charge is 0.236 e. The third kappa shape index (κ3) is 4.55. The van der Waals surface area contributed by atoms with Crippen LogP contribution in [0.15, 0.2) is 17.5 Å². The van der Waals surface area contributed by atoms with Crippen LogP contribution in [0, 0.1) is 0 Å². The number of nitrogens with zero attached hydrogens (tertiary/aromatic N) is 3. The molecule has 1 saturated heterocycles. The Balaban J connectivity index is 1.75. The Morgan fingerprint density at radius 1 is 1.18 bits per heavy atom. The first-order chi connectivity index (χ1) is 10.6. The molecule has 2 heterocycles. The minimum Gasteiger partial charge on any atom is -0.342 e. The molecule has 0 atom stereocenters. The summed E-state index contributed by atoms with van der Waals surface area (Å²) >= 11 is 1.62. The molecule has 1 aliphatic heterocycles. The van der Waals surface area contributed by atoms with Gasteiger partial charge >= 0.3 is 0 Å². The van der Waals surface area contributed by atoms with E-state index in [1.165, 1.54) is 0 Å². The van der Waals surface area contributed by atoms with Crippen LogP contribution in [0.4, 0.5) is 0 Å². The van der Waals surface area contributed by atoms with Crippen LogP contribution in [-0.2, 0) is 16.0 Å². The molecule has 0 aliphatic carbocycles. The van der Waals surface area contributed by atoms with Crippen molar-refractivity contribution in [3.05, 3.63) is 22.4 Å². The van der Waals surface area contributed by atoms with E-state index in [4.69, 9.17) is 0 Å². The highest BCUT2D eigenvalue weighted by atomic mass is 32.1. The minimum atomic E-state index is 0.184. The predicted octanol–water partition coefficient (Wildman–Crippen LogP) is 1.30. The molecule has 1 aliphatic rings. The molecule has 0 bridgehead atoms. The van der Waals surface area contributed by atoms with Gasteiger partial charge in [-0.05, 0) is 25.3 Å². The van der Waals surface area contributed by atoms with E-state index in [0.29, 0.717) is 13.0 Å². The molecule has 2 amide bonds. The second-order valence-electron chi connectivity index (χ2n) is 5.48. The second-order valence-corrected chi connectivity index (χ2v) is 6.51. The monoisotopic (exact) mass is 323 g/mol. The van der Waals surface area contributed by atoms with E-state index in [0.717, 1.165) is 44.1 Å². The molecule has 2 rings (SSSR count). The average molecular weight is 323 g/mol. The van der Waals surface area contributed by atoms with Crippen molar-refractivity contribution in [2.24, 2.45) is 0 Å². The van der Waals surface area contributed by atoms with Crippen molar-refractivity contribution in [2.45, 2.75) is 20.3 Å². The number of piperazine rings is 1. The van der Waals surface area contributed by atoms with Gasteiger partial charge in [0.15, 0.2) is 0 Å². The van der Waals surface area contributed by atoms with Crippen molar-refractivity contribution >= 4 is 23.2 Å². The Bertz CT molecular complexity index is 478. The zero-order valence-corrected chi connectivity index (χ0v) is 14.3. The lowest BCUT2D eigenvalue weighted by atomic mass is 10.2. The van der Waals surface area contributed by atoms with Crippen molar-refractivity contribution in [3.8, 4) is 0 Å². The fourth-order valence-electron chi connectivity index (χ4n) is 2.70. The van der Waals surface area contributed by atoms with Gasteiger partial charge < -0.3 is 9.80 Å². The lowest BCUT2D eigenvalue weighted by Gasteiger charge is -2.35. The number of rotatable bonds is 6. The Kier molecular flexibility index (Phi) is 6.39. The van der Waals surface area contributed by atoms with Crippen LogP contribution in [0.1, 0.15) is 18.7 Å². The molecule has 0 spiro atoms. The maximum atomic E-state index is 12.2. The normalized spacial score (nSPS) is 15.8. The Hall–Kier alpha value is -1.40. The molecule has 122 valence electrons. The van der Waals surface area contributed by atoms with Gasteiger partial charge in [0.25, 0.3) is 0 Å². The van der Waals surface area contributed by atoms with Crippen molar-refractivity contribution in [3.63, 3.8) is 0 Å². The number of hydrogen-bond donors (Lipinski definition) is 0. The van der Waals surface area contributed by atoms with Gasteiger partial charge in [-0.3, -0.25) is 14.5 Å². The van der Waals surface area contributed by atoms with Crippen molar-refractivity contribution in [1.82, 2.24) is 14.7 Å². The van der Waals surface area contributed by atoms with Crippen LogP contribution >= 0.6 is 11.3 Å². The van der Waals surface area contributed by atoms with Gasteiger partial charge in [0.05, 0.1) is 13.0 Å². The highest BCUT2D eigenvalue weighted by Gasteiger charge is 2.23. The van der Waals surface area contributed by atoms with Gasteiger partial charge in [-0.2, -0.15) is 0 Å². The molecule has 0 aromatic carbocycles. The van der Waals surface area contributed by atoms with E-state index in [1.807, 2.05) is 41.2 Å². The number of carbonyl (C=O) groups excluding carboxylic acids is 2. The summed E-state index contributed by atoms with van der Waals surface area (Å²) in [5.74, 6) is 0.375. The van der Waals surface area contributed by atoms with Gasteiger partial charge in [-0.15, -0.1) is 11.3 Å². The highest BCUT2D eigenvalue weighted by Crippen LogP contribution is 2.12. The maximum Gasteiger partial charge on any atom is 0.236 e. The lowest BCUT2D eigenvalue weighted by molar-refractivity contribution is -0.134. The third-order valence-electron chi connectivity index (χ3n) is 4.11. The fraction of sp³-hybridized carbons (Fsp3) is 0.625. The van der Waals surface area contributed by atoms with E-state index in [2.05, 4.69) is 4.90 Å². The van der Waals surface area contributed by atoms with E-state index in [9.17, 15) is 9.59 Å². The molecule has 5 nitrogen and oxygen atoms in total. The van der Waals surface area contributed by atoms with Gasteiger partial charge in [-0.25, -0.2) is 0 Å². The van der Waals surface area contributed by atoms with Gasteiger partial charge in [0.1, 0.15) is 0 Å². The molecule has 1 fully saturated rings.